The highest BCUT2D eigenvalue weighted by Gasteiger charge is 2.67. The summed E-state index contributed by atoms with van der Waals surface area (Å²) in [6.45, 7) is 3.86. The molecular weight excluding hydrogens is 364 g/mol. The summed E-state index contributed by atoms with van der Waals surface area (Å²) < 4.78 is 15.8. The van der Waals surface area contributed by atoms with E-state index in [0.29, 0.717) is 19.3 Å². The third kappa shape index (κ3) is 2.55. The lowest BCUT2D eigenvalue weighted by molar-refractivity contribution is -0.207. The van der Waals surface area contributed by atoms with Crippen molar-refractivity contribution in [3.8, 4) is 0 Å². The minimum Gasteiger partial charge on any atom is -0.472 e. The number of aliphatic hydroxyl groups excluding tert-OH is 1. The van der Waals surface area contributed by atoms with Gasteiger partial charge >= 0.3 is 11.9 Å². The third-order valence-corrected chi connectivity index (χ3v) is 7.52. The summed E-state index contributed by atoms with van der Waals surface area (Å²) in [4.78, 5) is 38.6. The highest BCUT2D eigenvalue weighted by atomic mass is 16.5. The normalized spacial score (nSPS) is 42.9. The average Bonchev–Trinajstić information content (AvgIpc) is 3.18. The van der Waals surface area contributed by atoms with Crippen LogP contribution < -0.4 is 0 Å². The van der Waals surface area contributed by atoms with Crippen LogP contribution in [-0.2, 0) is 23.9 Å². The van der Waals surface area contributed by atoms with Gasteiger partial charge in [-0.1, -0.05) is 13.8 Å². The van der Waals surface area contributed by atoms with Gasteiger partial charge in [0.1, 0.15) is 12.2 Å². The topological polar surface area (TPSA) is 103 Å². The van der Waals surface area contributed by atoms with Crippen molar-refractivity contribution >= 4 is 17.7 Å². The van der Waals surface area contributed by atoms with E-state index in [-0.39, 0.29) is 18.2 Å². The van der Waals surface area contributed by atoms with E-state index in [2.05, 4.69) is 0 Å². The fourth-order valence-electron chi connectivity index (χ4n) is 6.17. The summed E-state index contributed by atoms with van der Waals surface area (Å²) in [5.74, 6) is -2.68. The highest BCUT2D eigenvalue weighted by molar-refractivity contribution is 5.91. The van der Waals surface area contributed by atoms with Crippen molar-refractivity contribution < 1.29 is 33.4 Å². The number of rotatable bonds is 2. The maximum absolute atomic E-state index is 13.2. The minimum atomic E-state index is -1.23. The van der Waals surface area contributed by atoms with Crippen LogP contribution in [0.4, 0.5) is 0 Å². The van der Waals surface area contributed by atoms with E-state index >= 15 is 0 Å². The molecule has 1 aromatic heterocycles. The number of furan rings is 1. The summed E-state index contributed by atoms with van der Waals surface area (Å²) >= 11 is 0. The number of Topliss-reactive ketones (excluding diaryl/α,β-unsaturated/α-hetero) is 1. The van der Waals surface area contributed by atoms with Crippen LogP contribution in [0.1, 0.15) is 51.2 Å². The van der Waals surface area contributed by atoms with Crippen LogP contribution in [0.15, 0.2) is 23.0 Å². The van der Waals surface area contributed by atoms with Crippen molar-refractivity contribution in [3.63, 3.8) is 0 Å². The monoisotopic (exact) mass is 390 g/mol. The van der Waals surface area contributed by atoms with Crippen LogP contribution in [0.5, 0.6) is 0 Å². The number of ketones is 1. The Morgan fingerprint density at radius 1 is 1.29 bits per heavy atom. The first-order valence-electron chi connectivity index (χ1n) is 9.74. The number of methoxy groups -OCH3 is 1. The van der Waals surface area contributed by atoms with Crippen LogP contribution in [0.2, 0.25) is 0 Å². The molecule has 2 heterocycles. The average molecular weight is 390 g/mol. The molecule has 5 unspecified atom stereocenters. The van der Waals surface area contributed by atoms with Gasteiger partial charge in [0.15, 0.2) is 5.78 Å². The molecule has 2 saturated carbocycles. The number of hydrogen-bond donors (Lipinski definition) is 1. The molecule has 1 aromatic rings. The number of carbonyl (C=O) groups is 3. The van der Waals surface area contributed by atoms with Gasteiger partial charge in [0.25, 0.3) is 0 Å². The number of fused-ring (bicyclic) bond motifs is 3. The summed E-state index contributed by atoms with van der Waals surface area (Å²) in [6.07, 6.45) is 2.88. The Balaban J connectivity index is 1.79. The molecular formula is C21H26O7. The Morgan fingerprint density at radius 2 is 2.04 bits per heavy atom. The molecule has 3 aliphatic rings. The van der Waals surface area contributed by atoms with Gasteiger partial charge in [-0.2, -0.15) is 0 Å². The summed E-state index contributed by atoms with van der Waals surface area (Å²) in [7, 11) is 1.32. The summed E-state index contributed by atoms with van der Waals surface area (Å²) in [5, 5.41) is 10.5. The zero-order valence-electron chi connectivity index (χ0n) is 16.3. The zero-order chi connectivity index (χ0) is 20.3. The largest absolute Gasteiger partial charge is 0.472 e. The van der Waals surface area contributed by atoms with Gasteiger partial charge in [-0.15, -0.1) is 0 Å². The lowest BCUT2D eigenvalue weighted by atomic mass is 9.43. The molecule has 0 aromatic carbocycles. The molecule has 0 bridgehead atoms. The predicted molar refractivity (Wildman–Crippen MR) is 95.7 cm³/mol. The number of hydrogen-bond acceptors (Lipinski definition) is 7. The molecule has 1 aliphatic heterocycles. The Labute approximate surface area is 163 Å². The number of ether oxygens (including phenoxy) is 2. The molecule has 4 rings (SSSR count). The van der Waals surface area contributed by atoms with Crippen LogP contribution in [0, 0.1) is 28.6 Å². The van der Waals surface area contributed by atoms with Gasteiger partial charge in [-0.05, 0) is 42.6 Å². The van der Waals surface area contributed by atoms with E-state index in [4.69, 9.17) is 13.9 Å². The predicted octanol–water partition coefficient (Wildman–Crippen LogP) is 2.43. The Bertz CT molecular complexity index is 800. The number of carbonyl (C=O) groups excluding carboxylic acids is 3. The SMILES string of the molecule is COC(=O)C1CC(O)C(=O)C2[C@@]1(C)CCC1C(=O)OC(c3ccoc3)C[C@@]12C. The Hall–Kier alpha value is -2.15. The van der Waals surface area contributed by atoms with E-state index in [0.717, 1.165) is 5.56 Å². The van der Waals surface area contributed by atoms with Gasteiger partial charge < -0.3 is 19.0 Å². The first-order chi connectivity index (χ1) is 13.2. The van der Waals surface area contributed by atoms with Gasteiger partial charge in [0.05, 0.1) is 31.5 Å². The van der Waals surface area contributed by atoms with Crippen LogP contribution in [0.3, 0.4) is 0 Å². The van der Waals surface area contributed by atoms with E-state index < -0.39 is 46.8 Å². The number of aliphatic hydroxyl groups is 1. The number of cyclic esters (lactones) is 1. The van der Waals surface area contributed by atoms with E-state index in [1.165, 1.54) is 13.4 Å². The smallest absolute Gasteiger partial charge is 0.310 e. The molecule has 152 valence electrons. The standard InChI is InChI=1S/C21H26O7/c1-20-6-4-12-19(25)28-15(11-5-7-27-10-11)9-21(12,2)17(20)16(23)14(22)8-13(20)18(24)26-3/h5,7,10,12-15,17,22H,4,6,8-9H2,1-3H3/t12?,13?,14?,15?,17?,20-,21-/m0/s1. The molecule has 1 saturated heterocycles. The molecule has 28 heavy (non-hydrogen) atoms. The Kier molecular flexibility index (Phi) is 4.41. The molecule has 2 aliphatic carbocycles. The summed E-state index contributed by atoms with van der Waals surface area (Å²) in [6, 6.07) is 1.75. The second-order valence-corrected chi connectivity index (χ2v) is 8.95. The second kappa shape index (κ2) is 6.44. The van der Waals surface area contributed by atoms with Gasteiger partial charge in [-0.25, -0.2) is 0 Å². The van der Waals surface area contributed by atoms with Crippen molar-refractivity contribution in [2.24, 2.45) is 28.6 Å². The first kappa shape index (κ1) is 19.2. The highest BCUT2D eigenvalue weighted by Crippen LogP contribution is 2.64. The first-order valence-corrected chi connectivity index (χ1v) is 9.74. The third-order valence-electron chi connectivity index (χ3n) is 7.52. The number of esters is 2. The maximum atomic E-state index is 13.2. The fourth-order valence-corrected chi connectivity index (χ4v) is 6.17. The van der Waals surface area contributed by atoms with Gasteiger partial charge in [-0.3, -0.25) is 14.4 Å². The van der Waals surface area contributed by atoms with Crippen molar-refractivity contribution in [1.82, 2.24) is 0 Å². The molecule has 0 amide bonds. The van der Waals surface area contributed by atoms with Crippen LogP contribution in [0.25, 0.3) is 0 Å². The van der Waals surface area contributed by atoms with Crippen LogP contribution >= 0.6 is 0 Å². The van der Waals surface area contributed by atoms with Crippen LogP contribution in [-0.4, -0.2) is 36.0 Å². The lowest BCUT2D eigenvalue weighted by Crippen LogP contribution is -2.64. The van der Waals surface area contributed by atoms with Gasteiger partial charge in [0, 0.05) is 11.5 Å². The van der Waals surface area contributed by atoms with Crippen molar-refractivity contribution in [1.29, 1.82) is 0 Å². The van der Waals surface area contributed by atoms with Crippen molar-refractivity contribution in [3.05, 3.63) is 24.2 Å². The zero-order valence-corrected chi connectivity index (χ0v) is 16.3. The van der Waals surface area contributed by atoms with E-state index in [9.17, 15) is 19.5 Å². The lowest BCUT2D eigenvalue weighted by Gasteiger charge is -2.60. The molecule has 3 fully saturated rings. The Morgan fingerprint density at radius 3 is 2.68 bits per heavy atom. The van der Waals surface area contributed by atoms with Crippen molar-refractivity contribution in [2.45, 2.75) is 51.7 Å². The minimum absolute atomic E-state index is 0.0643. The molecule has 0 radical (unpaired) electrons. The van der Waals surface area contributed by atoms with E-state index in [1.807, 2.05) is 13.8 Å². The van der Waals surface area contributed by atoms with Gasteiger partial charge in [0.2, 0.25) is 0 Å². The van der Waals surface area contributed by atoms with Crippen molar-refractivity contribution in [2.75, 3.05) is 7.11 Å². The molecule has 7 heteroatoms. The fraction of sp³-hybridized carbons (Fsp3) is 0.667. The summed E-state index contributed by atoms with van der Waals surface area (Å²) in [5.41, 5.74) is -0.656. The molecule has 7 nitrogen and oxygen atoms in total. The maximum Gasteiger partial charge on any atom is 0.310 e. The van der Waals surface area contributed by atoms with E-state index in [1.54, 1.807) is 12.3 Å². The quantitative estimate of drug-likeness (QED) is 0.774. The molecule has 1 N–H and O–H groups in total. The second-order valence-electron chi connectivity index (χ2n) is 8.95. The molecule has 0 spiro atoms. The molecule has 7 atom stereocenters.